The van der Waals surface area contributed by atoms with Crippen molar-refractivity contribution < 1.29 is 9.94 Å². The van der Waals surface area contributed by atoms with Crippen molar-refractivity contribution in [2.24, 2.45) is 0 Å². The third-order valence-electron chi connectivity index (χ3n) is 2.20. The summed E-state index contributed by atoms with van der Waals surface area (Å²) >= 11 is 0. The number of nitrogens with zero attached hydrogens (tertiary/aromatic N) is 1. The molecule has 0 saturated carbocycles. The Morgan fingerprint density at radius 3 is 1.93 bits per heavy atom. The number of aryl methyl sites for hydroxylation is 1. The van der Waals surface area contributed by atoms with E-state index in [1.807, 2.05) is 12.1 Å². The molecule has 0 radical (unpaired) electrons. The van der Waals surface area contributed by atoms with Crippen molar-refractivity contribution in [2.45, 2.75) is 6.92 Å². The van der Waals surface area contributed by atoms with E-state index in [0.717, 1.165) is 15.9 Å². The molecule has 0 fully saturated rings. The van der Waals surface area contributed by atoms with Crippen LogP contribution in [0.1, 0.15) is 5.56 Å². The summed E-state index contributed by atoms with van der Waals surface area (Å²) in [5.74, 6) is 0. The van der Waals surface area contributed by atoms with Gasteiger partial charge in [-0.3, -0.25) is 5.21 Å². The molecule has 2 nitrogen and oxygen atoms in total. The summed E-state index contributed by atoms with van der Waals surface area (Å²) in [5, 5.41) is 9.06. The molecule has 2 aromatic rings. The molecule has 70 valence electrons. The first-order valence-electron chi connectivity index (χ1n) is 4.53. The zero-order chi connectivity index (χ0) is 9.97. The first-order chi connectivity index (χ1) is 6.75. The molecule has 1 aromatic carbocycles. The molecule has 2 rings (SSSR count). The topological polar surface area (TPSA) is 24.1 Å². The van der Waals surface area contributed by atoms with E-state index in [1.165, 1.54) is 5.56 Å². The molecule has 2 heteroatoms. The molecule has 1 aromatic heterocycles. The average molecular weight is 186 g/mol. The SMILES string of the molecule is Cc1ccc(-c2cc[n+](O)cc2)cc1. The quantitative estimate of drug-likeness (QED) is 0.535. The highest BCUT2D eigenvalue weighted by Gasteiger charge is 1.99. The number of rotatable bonds is 1. The van der Waals surface area contributed by atoms with Gasteiger partial charge in [0.1, 0.15) is 0 Å². The van der Waals surface area contributed by atoms with Gasteiger partial charge in [-0.25, -0.2) is 0 Å². The molecule has 0 unspecified atom stereocenters. The number of aromatic nitrogens is 1. The third kappa shape index (κ3) is 1.74. The van der Waals surface area contributed by atoms with Gasteiger partial charge in [0.15, 0.2) is 0 Å². The standard InChI is InChI=1S/C12H12NO/c1-10-2-4-11(5-3-10)12-6-8-13(14)9-7-12/h2-9,14H,1H3/q+1. The summed E-state index contributed by atoms with van der Waals surface area (Å²) < 4.78 is 1.04. The fourth-order valence-corrected chi connectivity index (χ4v) is 1.36. The molecule has 1 N–H and O–H groups in total. The second-order valence-corrected chi connectivity index (χ2v) is 3.33. The number of hydrogen-bond acceptors (Lipinski definition) is 1. The van der Waals surface area contributed by atoms with E-state index in [2.05, 4.69) is 31.2 Å². The molecule has 0 saturated heterocycles. The van der Waals surface area contributed by atoms with Crippen molar-refractivity contribution in [1.82, 2.24) is 0 Å². The Kier molecular flexibility index (Phi) is 2.19. The fourth-order valence-electron chi connectivity index (χ4n) is 1.36. The number of hydrogen-bond donors (Lipinski definition) is 1. The van der Waals surface area contributed by atoms with Crippen LogP contribution in [0.15, 0.2) is 48.8 Å². The molecule has 1 heterocycles. The Labute approximate surface area is 83.0 Å². The van der Waals surface area contributed by atoms with Crippen LogP contribution in [0.2, 0.25) is 0 Å². The minimum absolute atomic E-state index is 1.04. The molecular formula is C12H12NO+. The van der Waals surface area contributed by atoms with Crippen LogP contribution in [0.3, 0.4) is 0 Å². The van der Waals surface area contributed by atoms with Gasteiger partial charge in [0, 0.05) is 16.9 Å². The maximum Gasteiger partial charge on any atom is 0.222 e. The molecule has 0 atom stereocenters. The Morgan fingerprint density at radius 2 is 1.36 bits per heavy atom. The molecule has 0 spiro atoms. The smallest absolute Gasteiger partial charge is 0.222 e. The maximum atomic E-state index is 9.06. The molecular weight excluding hydrogens is 174 g/mol. The van der Waals surface area contributed by atoms with Crippen molar-refractivity contribution in [2.75, 3.05) is 0 Å². The van der Waals surface area contributed by atoms with Gasteiger partial charge in [-0.2, -0.15) is 0 Å². The van der Waals surface area contributed by atoms with Gasteiger partial charge in [0.25, 0.3) is 0 Å². The highest BCUT2D eigenvalue weighted by atomic mass is 16.5. The molecule has 0 aliphatic heterocycles. The molecule has 0 bridgehead atoms. The second-order valence-electron chi connectivity index (χ2n) is 3.33. The lowest BCUT2D eigenvalue weighted by Crippen LogP contribution is -2.27. The lowest BCUT2D eigenvalue weighted by Gasteiger charge is -1.99. The van der Waals surface area contributed by atoms with Gasteiger partial charge >= 0.3 is 0 Å². The first-order valence-corrected chi connectivity index (χ1v) is 4.53. The number of pyridine rings is 1. The van der Waals surface area contributed by atoms with E-state index >= 15 is 0 Å². The maximum absolute atomic E-state index is 9.06. The van der Waals surface area contributed by atoms with Gasteiger partial charge in [-0.05, 0) is 18.1 Å². The van der Waals surface area contributed by atoms with Crippen LogP contribution < -0.4 is 4.73 Å². The van der Waals surface area contributed by atoms with Crippen molar-refractivity contribution in [1.29, 1.82) is 0 Å². The monoisotopic (exact) mass is 186 g/mol. The lowest BCUT2D eigenvalue weighted by molar-refractivity contribution is -0.904. The van der Waals surface area contributed by atoms with Crippen LogP contribution in [-0.4, -0.2) is 5.21 Å². The summed E-state index contributed by atoms with van der Waals surface area (Å²) in [6.07, 6.45) is 3.24. The molecule has 0 aliphatic carbocycles. The van der Waals surface area contributed by atoms with E-state index < -0.39 is 0 Å². The normalized spacial score (nSPS) is 10.1. The minimum Gasteiger partial charge on any atom is -0.285 e. The Balaban J connectivity index is 2.40. The van der Waals surface area contributed by atoms with E-state index in [9.17, 15) is 0 Å². The minimum atomic E-state index is 1.04. The highest BCUT2D eigenvalue weighted by Crippen LogP contribution is 2.17. The average Bonchev–Trinajstić information content (AvgIpc) is 2.21. The Hall–Kier alpha value is -1.83. The molecule has 0 aliphatic rings. The Bertz CT molecular complexity index is 374. The van der Waals surface area contributed by atoms with Crippen LogP contribution in [-0.2, 0) is 0 Å². The predicted molar refractivity (Wildman–Crippen MR) is 54.0 cm³/mol. The largest absolute Gasteiger partial charge is 0.285 e. The van der Waals surface area contributed by atoms with Gasteiger partial charge in [0.2, 0.25) is 12.4 Å². The van der Waals surface area contributed by atoms with Gasteiger partial charge in [-0.1, -0.05) is 29.8 Å². The van der Waals surface area contributed by atoms with Crippen LogP contribution >= 0.6 is 0 Å². The van der Waals surface area contributed by atoms with Crippen LogP contribution in [0.25, 0.3) is 11.1 Å². The zero-order valence-corrected chi connectivity index (χ0v) is 8.01. The summed E-state index contributed by atoms with van der Waals surface area (Å²) in [6, 6.07) is 12.1. The van der Waals surface area contributed by atoms with Crippen molar-refractivity contribution in [3.63, 3.8) is 0 Å². The van der Waals surface area contributed by atoms with Crippen molar-refractivity contribution in [3.05, 3.63) is 54.4 Å². The van der Waals surface area contributed by atoms with Crippen LogP contribution in [0, 0.1) is 6.92 Å². The summed E-state index contributed by atoms with van der Waals surface area (Å²) in [4.78, 5) is 0. The highest BCUT2D eigenvalue weighted by molar-refractivity contribution is 5.62. The van der Waals surface area contributed by atoms with Gasteiger partial charge in [-0.15, -0.1) is 0 Å². The number of benzene rings is 1. The molecule has 14 heavy (non-hydrogen) atoms. The lowest BCUT2D eigenvalue weighted by atomic mass is 10.1. The van der Waals surface area contributed by atoms with Crippen LogP contribution in [0.4, 0.5) is 0 Å². The van der Waals surface area contributed by atoms with E-state index in [0.29, 0.717) is 0 Å². The van der Waals surface area contributed by atoms with Crippen molar-refractivity contribution in [3.8, 4) is 11.1 Å². The summed E-state index contributed by atoms with van der Waals surface area (Å²) in [5.41, 5.74) is 3.52. The first kappa shape index (κ1) is 8.75. The van der Waals surface area contributed by atoms with E-state index in [4.69, 9.17) is 5.21 Å². The fraction of sp³-hybridized carbons (Fsp3) is 0.0833. The van der Waals surface area contributed by atoms with Gasteiger partial charge < -0.3 is 0 Å². The summed E-state index contributed by atoms with van der Waals surface area (Å²) in [6.45, 7) is 2.07. The van der Waals surface area contributed by atoms with E-state index in [1.54, 1.807) is 12.4 Å². The van der Waals surface area contributed by atoms with E-state index in [-0.39, 0.29) is 0 Å². The Morgan fingerprint density at radius 1 is 0.857 bits per heavy atom. The predicted octanol–water partition coefficient (Wildman–Crippen LogP) is 2.19. The second kappa shape index (κ2) is 3.50. The summed E-state index contributed by atoms with van der Waals surface area (Å²) in [7, 11) is 0. The van der Waals surface area contributed by atoms with Gasteiger partial charge in [0.05, 0.1) is 0 Å². The zero-order valence-electron chi connectivity index (χ0n) is 8.01. The molecule has 0 amide bonds. The third-order valence-corrected chi connectivity index (χ3v) is 2.20. The van der Waals surface area contributed by atoms with Crippen LogP contribution in [0.5, 0.6) is 0 Å². The van der Waals surface area contributed by atoms with Crippen molar-refractivity contribution >= 4 is 0 Å².